The molecule has 4 rings (SSSR count). The Labute approximate surface area is 169 Å². The van der Waals surface area contributed by atoms with Crippen LogP contribution in [0.3, 0.4) is 0 Å². The van der Waals surface area contributed by atoms with E-state index in [1.165, 1.54) is 22.9 Å². The van der Waals surface area contributed by atoms with E-state index in [9.17, 15) is 4.79 Å². The van der Waals surface area contributed by atoms with Crippen molar-refractivity contribution in [1.82, 2.24) is 9.47 Å². The fourth-order valence-corrected chi connectivity index (χ4v) is 4.54. The third-order valence-electron chi connectivity index (χ3n) is 5.37. The van der Waals surface area contributed by atoms with Crippen molar-refractivity contribution < 1.29 is 4.79 Å². The van der Waals surface area contributed by atoms with Gasteiger partial charge in [-0.05, 0) is 74.9 Å². The quantitative estimate of drug-likeness (QED) is 0.744. The van der Waals surface area contributed by atoms with Gasteiger partial charge in [-0.25, -0.2) is 0 Å². The van der Waals surface area contributed by atoms with Crippen molar-refractivity contribution in [2.75, 3.05) is 0 Å². The molecule has 0 fully saturated rings. The number of thioether (sulfide) groups is 1. The molecule has 0 aliphatic carbocycles. The number of allylic oxidation sites excluding steroid dienone is 1. The summed E-state index contributed by atoms with van der Waals surface area (Å²) >= 11 is 1.38. The number of carbonyl (C=O) groups is 1. The number of aliphatic imine (C=N–C) groups is 1. The summed E-state index contributed by atoms with van der Waals surface area (Å²) in [4.78, 5) is 18.5. The average molecular weight is 391 g/mol. The molecule has 0 spiro atoms. The molecule has 0 radical (unpaired) electrons. The largest absolute Gasteiger partial charge is 0.318 e. The summed E-state index contributed by atoms with van der Waals surface area (Å²) < 4.78 is 2.21. The Bertz CT molecular complexity index is 1130. The number of rotatable bonds is 2. The predicted molar refractivity (Wildman–Crippen MR) is 116 cm³/mol. The molecule has 1 aromatic heterocycles. The van der Waals surface area contributed by atoms with Crippen LogP contribution in [-0.4, -0.2) is 26.4 Å². The number of fused-ring (bicyclic) bond motifs is 1. The number of aryl methyl sites for hydroxylation is 2. The monoisotopic (exact) mass is 390 g/mol. The maximum absolute atomic E-state index is 12.6. The van der Waals surface area contributed by atoms with Gasteiger partial charge in [-0.2, -0.15) is 4.99 Å². The second-order valence-corrected chi connectivity index (χ2v) is 8.04. The summed E-state index contributed by atoms with van der Waals surface area (Å²) in [6.45, 7) is 10.3. The lowest BCUT2D eigenvalue weighted by atomic mass is 10.1. The highest BCUT2D eigenvalue weighted by molar-refractivity contribution is 8.16. The van der Waals surface area contributed by atoms with E-state index in [2.05, 4.69) is 54.6 Å². The molecule has 1 N–H and O–H groups in total. The van der Waals surface area contributed by atoms with Gasteiger partial charge in [-0.3, -0.25) is 15.1 Å². The highest BCUT2D eigenvalue weighted by Gasteiger charge is 2.34. The van der Waals surface area contributed by atoms with E-state index in [0.717, 1.165) is 28.3 Å². The Balaban J connectivity index is 1.82. The lowest BCUT2D eigenvalue weighted by molar-refractivity contribution is -0.114. The second-order valence-electron chi connectivity index (χ2n) is 7.20. The SMILES string of the molecule is CC1=CSC2=NC(=O)C(=Cc3cc(C)n(-c4cccc(C)c4C)c3C)C(=N)N12. The van der Waals surface area contributed by atoms with Gasteiger partial charge in [0.15, 0.2) is 5.17 Å². The maximum Gasteiger partial charge on any atom is 0.283 e. The summed E-state index contributed by atoms with van der Waals surface area (Å²) in [6.07, 6.45) is 1.80. The number of amidine groups is 2. The molecule has 1 aromatic carbocycles. The van der Waals surface area contributed by atoms with Crippen molar-refractivity contribution in [2.24, 2.45) is 4.99 Å². The van der Waals surface area contributed by atoms with Crippen LogP contribution in [0.15, 0.2) is 45.9 Å². The van der Waals surface area contributed by atoms with Gasteiger partial charge in [0, 0.05) is 22.8 Å². The van der Waals surface area contributed by atoms with Crippen molar-refractivity contribution in [3.05, 3.63) is 69.0 Å². The van der Waals surface area contributed by atoms with E-state index >= 15 is 0 Å². The fourth-order valence-electron chi connectivity index (χ4n) is 3.68. The Kier molecular flexibility index (Phi) is 4.38. The molecule has 0 saturated heterocycles. The first-order valence-corrected chi connectivity index (χ1v) is 10.00. The zero-order valence-corrected chi connectivity index (χ0v) is 17.4. The van der Waals surface area contributed by atoms with E-state index < -0.39 is 0 Å². The number of carbonyl (C=O) groups excluding carboxylic acids is 1. The first kappa shape index (κ1) is 18.5. The minimum atomic E-state index is -0.358. The molecule has 3 heterocycles. The minimum Gasteiger partial charge on any atom is -0.318 e. The minimum absolute atomic E-state index is 0.185. The lowest BCUT2D eigenvalue weighted by Crippen LogP contribution is -2.37. The molecule has 6 heteroatoms. The van der Waals surface area contributed by atoms with Gasteiger partial charge in [0.1, 0.15) is 5.84 Å². The van der Waals surface area contributed by atoms with E-state index in [4.69, 9.17) is 5.41 Å². The molecule has 0 saturated carbocycles. The number of hydrogen-bond donors (Lipinski definition) is 1. The van der Waals surface area contributed by atoms with Gasteiger partial charge in [0.25, 0.3) is 5.91 Å². The second kappa shape index (κ2) is 6.63. The third kappa shape index (κ3) is 2.76. The number of nitrogens with one attached hydrogen (secondary N) is 1. The van der Waals surface area contributed by atoms with Crippen molar-refractivity contribution in [1.29, 1.82) is 5.41 Å². The fraction of sp³-hybridized carbons (Fsp3) is 0.227. The summed E-state index contributed by atoms with van der Waals surface area (Å²) in [6, 6.07) is 8.34. The molecular weight excluding hydrogens is 368 g/mol. The van der Waals surface area contributed by atoms with E-state index in [1.54, 1.807) is 11.0 Å². The van der Waals surface area contributed by atoms with Crippen LogP contribution in [0.1, 0.15) is 35.0 Å². The zero-order valence-electron chi connectivity index (χ0n) is 16.6. The molecule has 2 aliphatic rings. The van der Waals surface area contributed by atoms with Gasteiger partial charge in [0.05, 0.1) is 5.57 Å². The Morgan fingerprint density at radius 2 is 1.89 bits per heavy atom. The summed E-state index contributed by atoms with van der Waals surface area (Å²) in [5.41, 5.74) is 7.90. The van der Waals surface area contributed by atoms with Crippen LogP contribution in [-0.2, 0) is 4.79 Å². The molecule has 142 valence electrons. The van der Waals surface area contributed by atoms with E-state index in [0.29, 0.717) is 10.7 Å². The highest BCUT2D eigenvalue weighted by Crippen LogP contribution is 2.33. The van der Waals surface area contributed by atoms with Crippen molar-refractivity contribution in [3.63, 3.8) is 0 Å². The third-order valence-corrected chi connectivity index (χ3v) is 6.32. The summed E-state index contributed by atoms with van der Waals surface area (Å²) in [5, 5.41) is 11.0. The van der Waals surface area contributed by atoms with E-state index in [-0.39, 0.29) is 11.7 Å². The van der Waals surface area contributed by atoms with E-state index in [1.807, 2.05) is 19.3 Å². The number of aromatic nitrogens is 1. The molecule has 28 heavy (non-hydrogen) atoms. The van der Waals surface area contributed by atoms with Crippen LogP contribution in [0.25, 0.3) is 11.8 Å². The van der Waals surface area contributed by atoms with Crippen molar-refractivity contribution in [3.8, 4) is 5.69 Å². The van der Waals surface area contributed by atoms with Crippen LogP contribution in [0.5, 0.6) is 0 Å². The number of benzene rings is 1. The Hall–Kier alpha value is -2.86. The number of nitrogens with zero attached hydrogens (tertiary/aromatic N) is 3. The van der Waals surface area contributed by atoms with Crippen LogP contribution < -0.4 is 0 Å². The molecule has 2 aromatic rings. The molecule has 0 bridgehead atoms. The summed E-state index contributed by atoms with van der Waals surface area (Å²) in [5.74, 6) is -0.173. The van der Waals surface area contributed by atoms with Crippen LogP contribution in [0.2, 0.25) is 0 Å². The average Bonchev–Trinajstić information content (AvgIpc) is 3.14. The molecule has 2 aliphatic heterocycles. The zero-order chi connectivity index (χ0) is 20.2. The Morgan fingerprint density at radius 1 is 1.14 bits per heavy atom. The topological polar surface area (TPSA) is 61.5 Å². The van der Waals surface area contributed by atoms with Crippen molar-refractivity contribution >= 4 is 34.7 Å². The van der Waals surface area contributed by atoms with Crippen molar-refractivity contribution in [2.45, 2.75) is 34.6 Å². The maximum atomic E-state index is 12.6. The molecular formula is C22H22N4OS. The van der Waals surface area contributed by atoms with Gasteiger partial charge in [-0.15, -0.1) is 0 Å². The normalized spacial score (nSPS) is 17.9. The number of amides is 1. The van der Waals surface area contributed by atoms with Gasteiger partial charge in [0.2, 0.25) is 0 Å². The Morgan fingerprint density at radius 3 is 2.64 bits per heavy atom. The molecule has 1 amide bonds. The number of hydrogen-bond acceptors (Lipinski definition) is 3. The lowest BCUT2D eigenvalue weighted by Gasteiger charge is -2.25. The van der Waals surface area contributed by atoms with Gasteiger partial charge in [-0.1, -0.05) is 23.9 Å². The van der Waals surface area contributed by atoms with Gasteiger partial charge >= 0.3 is 0 Å². The molecule has 0 atom stereocenters. The van der Waals surface area contributed by atoms with Crippen LogP contribution >= 0.6 is 11.8 Å². The van der Waals surface area contributed by atoms with Gasteiger partial charge < -0.3 is 4.57 Å². The smallest absolute Gasteiger partial charge is 0.283 e. The molecule has 0 unspecified atom stereocenters. The van der Waals surface area contributed by atoms with Crippen LogP contribution in [0.4, 0.5) is 0 Å². The first-order valence-electron chi connectivity index (χ1n) is 9.12. The first-order chi connectivity index (χ1) is 13.3. The summed E-state index contributed by atoms with van der Waals surface area (Å²) in [7, 11) is 0. The standard InChI is InChI=1S/C22H22N4OS/c1-12-7-6-8-19(15(12)4)25-13(2)9-17(16(25)5)10-18-20(23)26-14(3)11-28-22(26)24-21(18)27/h6-11,23H,1-5H3. The predicted octanol–water partition coefficient (Wildman–Crippen LogP) is 4.88. The van der Waals surface area contributed by atoms with Crippen LogP contribution in [0, 0.1) is 33.1 Å². The highest BCUT2D eigenvalue weighted by atomic mass is 32.2. The molecule has 5 nitrogen and oxygen atoms in total.